The summed E-state index contributed by atoms with van der Waals surface area (Å²) in [7, 11) is 0. The fourth-order valence-electron chi connectivity index (χ4n) is 3.32. The summed E-state index contributed by atoms with van der Waals surface area (Å²) < 4.78 is 45.2. The summed E-state index contributed by atoms with van der Waals surface area (Å²) in [6.07, 6.45) is -4.30. The molecule has 2 heterocycles. The number of halogens is 3. The normalized spacial score (nSPS) is 13.7. The smallest absolute Gasteiger partial charge is 0.416 e. The molecule has 0 N–H and O–H groups in total. The molecule has 2 aromatic carbocycles. The van der Waals surface area contributed by atoms with Crippen LogP contribution in [0.25, 0.3) is 11.5 Å². The largest absolute Gasteiger partial charge is 0.421 e. The van der Waals surface area contributed by atoms with Crippen LogP contribution in [0.2, 0.25) is 0 Å². The van der Waals surface area contributed by atoms with Gasteiger partial charge in [-0.2, -0.15) is 13.2 Å². The minimum Gasteiger partial charge on any atom is -0.421 e. The molecule has 0 unspecified atom stereocenters. The standard InChI is InChI=1S/C19H14F3N3O2/c1-11-23-24-17(27-11)12-5-2-3-6-13(12)18(26)25-10-9-14-15(19(20,21)22)7-4-8-16(14)25/h2-8H,9-10H2,1H3. The van der Waals surface area contributed by atoms with Crippen molar-refractivity contribution in [2.45, 2.75) is 19.5 Å². The molecular weight excluding hydrogens is 359 g/mol. The fourth-order valence-corrected chi connectivity index (χ4v) is 3.32. The number of anilines is 1. The summed E-state index contributed by atoms with van der Waals surface area (Å²) in [5, 5.41) is 7.71. The van der Waals surface area contributed by atoms with Gasteiger partial charge >= 0.3 is 6.18 Å². The lowest BCUT2D eigenvalue weighted by Crippen LogP contribution is -2.29. The highest BCUT2D eigenvalue weighted by atomic mass is 19.4. The number of carbonyl (C=O) groups excluding carboxylic acids is 1. The average Bonchev–Trinajstić information content (AvgIpc) is 3.26. The zero-order valence-corrected chi connectivity index (χ0v) is 14.2. The molecule has 5 nitrogen and oxygen atoms in total. The van der Waals surface area contributed by atoms with Crippen molar-refractivity contribution in [2.24, 2.45) is 0 Å². The van der Waals surface area contributed by atoms with Crippen molar-refractivity contribution < 1.29 is 22.4 Å². The van der Waals surface area contributed by atoms with Gasteiger partial charge in [-0.05, 0) is 36.2 Å². The maximum Gasteiger partial charge on any atom is 0.416 e. The van der Waals surface area contributed by atoms with E-state index in [1.54, 1.807) is 31.2 Å². The number of nitrogens with zero attached hydrogens (tertiary/aromatic N) is 3. The van der Waals surface area contributed by atoms with Crippen molar-refractivity contribution in [1.82, 2.24) is 10.2 Å². The number of carbonyl (C=O) groups is 1. The molecule has 0 saturated carbocycles. The number of hydrogen-bond donors (Lipinski definition) is 0. The van der Waals surface area contributed by atoms with Gasteiger partial charge in [0.1, 0.15) is 0 Å². The third-order valence-corrected chi connectivity index (χ3v) is 4.49. The van der Waals surface area contributed by atoms with Crippen LogP contribution in [0.1, 0.15) is 27.4 Å². The van der Waals surface area contributed by atoms with Crippen LogP contribution in [0.15, 0.2) is 46.9 Å². The second-order valence-electron chi connectivity index (χ2n) is 6.18. The van der Waals surface area contributed by atoms with E-state index in [1.807, 2.05) is 0 Å². The molecule has 1 aliphatic rings. The van der Waals surface area contributed by atoms with E-state index in [9.17, 15) is 18.0 Å². The van der Waals surface area contributed by atoms with Crippen LogP contribution < -0.4 is 4.90 Å². The highest BCUT2D eigenvalue weighted by Gasteiger charge is 2.38. The summed E-state index contributed by atoms with van der Waals surface area (Å²) in [4.78, 5) is 14.5. The Kier molecular flexibility index (Phi) is 3.98. The Morgan fingerprint density at radius 2 is 1.89 bits per heavy atom. The summed E-state index contributed by atoms with van der Waals surface area (Å²) in [6, 6.07) is 10.6. The molecule has 0 radical (unpaired) electrons. The van der Waals surface area contributed by atoms with Gasteiger partial charge in [-0.1, -0.05) is 18.2 Å². The third kappa shape index (κ3) is 2.97. The van der Waals surface area contributed by atoms with E-state index in [0.717, 1.165) is 6.07 Å². The molecule has 1 amide bonds. The predicted octanol–water partition coefficient (Wildman–Crippen LogP) is 4.27. The first-order valence-corrected chi connectivity index (χ1v) is 8.26. The van der Waals surface area contributed by atoms with E-state index in [2.05, 4.69) is 10.2 Å². The van der Waals surface area contributed by atoms with Gasteiger partial charge in [-0.3, -0.25) is 4.79 Å². The minimum absolute atomic E-state index is 0.143. The number of alkyl halides is 3. The third-order valence-electron chi connectivity index (χ3n) is 4.49. The number of hydrogen-bond acceptors (Lipinski definition) is 4. The van der Waals surface area contributed by atoms with Crippen molar-refractivity contribution in [3.05, 3.63) is 65.0 Å². The lowest BCUT2D eigenvalue weighted by Gasteiger charge is -2.19. The van der Waals surface area contributed by atoms with E-state index in [4.69, 9.17) is 4.42 Å². The molecule has 1 aliphatic heterocycles. The first-order chi connectivity index (χ1) is 12.9. The Morgan fingerprint density at radius 3 is 2.59 bits per heavy atom. The van der Waals surface area contributed by atoms with Crippen LogP contribution >= 0.6 is 0 Å². The van der Waals surface area contributed by atoms with Crippen LogP contribution in [0.4, 0.5) is 18.9 Å². The Morgan fingerprint density at radius 1 is 1.11 bits per heavy atom. The Bertz CT molecular complexity index is 1030. The Labute approximate surface area is 152 Å². The van der Waals surface area contributed by atoms with Gasteiger partial charge in [0.15, 0.2) is 0 Å². The molecule has 8 heteroatoms. The highest BCUT2D eigenvalue weighted by Crippen LogP contribution is 2.40. The van der Waals surface area contributed by atoms with E-state index >= 15 is 0 Å². The second-order valence-corrected chi connectivity index (χ2v) is 6.18. The first-order valence-electron chi connectivity index (χ1n) is 8.26. The number of benzene rings is 2. The molecule has 0 aliphatic carbocycles. The maximum atomic E-state index is 13.3. The summed E-state index contributed by atoms with van der Waals surface area (Å²) >= 11 is 0. The van der Waals surface area contributed by atoms with E-state index in [0.29, 0.717) is 17.0 Å². The van der Waals surface area contributed by atoms with E-state index < -0.39 is 17.6 Å². The van der Waals surface area contributed by atoms with Crippen molar-refractivity contribution in [3.63, 3.8) is 0 Å². The van der Waals surface area contributed by atoms with Gasteiger partial charge in [0.25, 0.3) is 5.91 Å². The number of fused-ring (bicyclic) bond motifs is 1. The summed E-state index contributed by atoms with van der Waals surface area (Å²) in [5.41, 5.74) is 0.474. The van der Waals surface area contributed by atoms with E-state index in [-0.39, 0.29) is 30.1 Å². The second kappa shape index (κ2) is 6.22. The first kappa shape index (κ1) is 17.3. The quantitative estimate of drug-likeness (QED) is 0.673. The summed E-state index contributed by atoms with van der Waals surface area (Å²) in [6.45, 7) is 1.81. The van der Waals surface area contributed by atoms with Crippen LogP contribution in [0.3, 0.4) is 0 Å². The molecule has 1 aromatic heterocycles. The van der Waals surface area contributed by atoms with Gasteiger partial charge < -0.3 is 9.32 Å². The molecule has 4 rings (SSSR count). The monoisotopic (exact) mass is 373 g/mol. The van der Waals surface area contributed by atoms with E-state index in [1.165, 1.54) is 17.0 Å². The summed E-state index contributed by atoms with van der Waals surface area (Å²) in [5.74, 6) is 0.146. The zero-order chi connectivity index (χ0) is 19.2. The lowest BCUT2D eigenvalue weighted by atomic mass is 10.0. The van der Waals surface area contributed by atoms with Gasteiger partial charge in [-0.25, -0.2) is 0 Å². The number of aryl methyl sites for hydroxylation is 1. The Balaban J connectivity index is 1.76. The van der Waals surface area contributed by atoms with Gasteiger partial charge in [0.2, 0.25) is 11.8 Å². The Hall–Kier alpha value is -3.16. The molecule has 0 bridgehead atoms. The molecule has 27 heavy (non-hydrogen) atoms. The number of amides is 1. The zero-order valence-electron chi connectivity index (χ0n) is 14.2. The molecule has 3 aromatic rings. The number of rotatable bonds is 2. The van der Waals surface area contributed by atoms with Crippen molar-refractivity contribution >= 4 is 11.6 Å². The molecule has 0 spiro atoms. The van der Waals surface area contributed by atoms with Crippen molar-refractivity contribution in [1.29, 1.82) is 0 Å². The topological polar surface area (TPSA) is 59.2 Å². The van der Waals surface area contributed by atoms with Crippen LogP contribution in [-0.4, -0.2) is 22.6 Å². The van der Waals surface area contributed by atoms with Crippen molar-refractivity contribution in [3.8, 4) is 11.5 Å². The number of aromatic nitrogens is 2. The molecule has 0 atom stereocenters. The lowest BCUT2D eigenvalue weighted by molar-refractivity contribution is -0.138. The highest BCUT2D eigenvalue weighted by molar-refractivity contribution is 6.10. The van der Waals surface area contributed by atoms with Crippen LogP contribution in [0.5, 0.6) is 0 Å². The van der Waals surface area contributed by atoms with Gasteiger partial charge in [0, 0.05) is 19.2 Å². The van der Waals surface area contributed by atoms with Crippen LogP contribution in [-0.2, 0) is 12.6 Å². The van der Waals surface area contributed by atoms with Gasteiger partial charge in [0.05, 0.1) is 16.7 Å². The van der Waals surface area contributed by atoms with Crippen molar-refractivity contribution in [2.75, 3.05) is 11.4 Å². The minimum atomic E-state index is -4.45. The molecule has 0 fully saturated rings. The average molecular weight is 373 g/mol. The predicted molar refractivity (Wildman–Crippen MR) is 91.3 cm³/mol. The molecule has 138 valence electrons. The molecular formula is C19H14F3N3O2. The maximum absolute atomic E-state index is 13.3. The van der Waals surface area contributed by atoms with Crippen LogP contribution in [0, 0.1) is 6.92 Å². The molecule has 0 saturated heterocycles. The SMILES string of the molecule is Cc1nnc(-c2ccccc2C(=O)N2CCc3c2cccc3C(F)(F)F)o1. The van der Waals surface area contributed by atoms with Gasteiger partial charge in [-0.15, -0.1) is 10.2 Å². The fraction of sp³-hybridized carbons (Fsp3) is 0.211.